The van der Waals surface area contributed by atoms with E-state index in [4.69, 9.17) is 26.3 Å². The molecule has 23 heavy (non-hydrogen) atoms. The van der Waals surface area contributed by atoms with Crippen molar-refractivity contribution in [2.75, 3.05) is 7.11 Å². The SMILES string of the molecule is COc1cc(/C=N/O)cc(Cl)c1OC(=O)/C=C/c1ccccc1. The van der Waals surface area contributed by atoms with Crippen LogP contribution in [0.15, 0.2) is 53.7 Å². The number of rotatable bonds is 5. The van der Waals surface area contributed by atoms with Gasteiger partial charge < -0.3 is 14.7 Å². The molecule has 0 aliphatic rings. The summed E-state index contributed by atoms with van der Waals surface area (Å²) in [7, 11) is 1.42. The predicted molar refractivity (Wildman–Crippen MR) is 88.5 cm³/mol. The number of benzene rings is 2. The lowest BCUT2D eigenvalue weighted by Crippen LogP contribution is -2.06. The molecule has 2 rings (SSSR count). The summed E-state index contributed by atoms with van der Waals surface area (Å²) in [6, 6.07) is 12.4. The summed E-state index contributed by atoms with van der Waals surface area (Å²) in [5.74, 6) is -0.224. The molecule has 0 spiro atoms. The summed E-state index contributed by atoms with van der Waals surface area (Å²) in [4.78, 5) is 11.9. The summed E-state index contributed by atoms with van der Waals surface area (Å²) < 4.78 is 10.4. The van der Waals surface area contributed by atoms with Crippen LogP contribution in [0.25, 0.3) is 6.08 Å². The fourth-order valence-electron chi connectivity index (χ4n) is 1.84. The van der Waals surface area contributed by atoms with Gasteiger partial charge in [-0.05, 0) is 23.8 Å². The first-order valence-electron chi connectivity index (χ1n) is 6.64. The van der Waals surface area contributed by atoms with E-state index in [1.807, 2.05) is 30.3 Å². The van der Waals surface area contributed by atoms with E-state index in [0.717, 1.165) is 5.56 Å². The van der Waals surface area contributed by atoms with Crippen molar-refractivity contribution in [2.24, 2.45) is 5.16 Å². The smallest absolute Gasteiger partial charge is 0.336 e. The summed E-state index contributed by atoms with van der Waals surface area (Å²) in [5.41, 5.74) is 1.38. The number of oxime groups is 1. The van der Waals surface area contributed by atoms with Gasteiger partial charge in [0.25, 0.3) is 0 Å². The van der Waals surface area contributed by atoms with Gasteiger partial charge in [-0.15, -0.1) is 0 Å². The first-order chi connectivity index (χ1) is 11.1. The number of hydrogen-bond donors (Lipinski definition) is 1. The van der Waals surface area contributed by atoms with Crippen molar-refractivity contribution in [1.82, 2.24) is 0 Å². The minimum Gasteiger partial charge on any atom is -0.493 e. The minimum atomic E-state index is -0.586. The molecule has 0 aromatic heterocycles. The van der Waals surface area contributed by atoms with E-state index in [1.54, 1.807) is 6.08 Å². The second-order valence-electron chi connectivity index (χ2n) is 4.44. The van der Waals surface area contributed by atoms with Crippen molar-refractivity contribution in [3.05, 3.63) is 64.7 Å². The molecule has 6 heteroatoms. The number of halogens is 1. The van der Waals surface area contributed by atoms with E-state index in [-0.39, 0.29) is 16.5 Å². The molecule has 118 valence electrons. The largest absolute Gasteiger partial charge is 0.493 e. The Morgan fingerprint density at radius 3 is 2.61 bits per heavy atom. The van der Waals surface area contributed by atoms with Gasteiger partial charge >= 0.3 is 5.97 Å². The zero-order chi connectivity index (χ0) is 16.7. The molecule has 0 atom stereocenters. The highest BCUT2D eigenvalue weighted by Gasteiger charge is 2.14. The van der Waals surface area contributed by atoms with Gasteiger partial charge in [-0.1, -0.05) is 47.1 Å². The number of esters is 1. The van der Waals surface area contributed by atoms with Crippen LogP contribution in [0.2, 0.25) is 5.02 Å². The molecule has 1 N–H and O–H groups in total. The van der Waals surface area contributed by atoms with Crippen LogP contribution < -0.4 is 9.47 Å². The van der Waals surface area contributed by atoms with Gasteiger partial charge in [0.15, 0.2) is 11.5 Å². The summed E-state index contributed by atoms with van der Waals surface area (Å²) in [6.07, 6.45) is 4.12. The molecule has 0 aliphatic heterocycles. The Kier molecular flexibility index (Phi) is 5.77. The van der Waals surface area contributed by atoms with Crippen LogP contribution in [0, 0.1) is 0 Å². The molecule has 0 unspecified atom stereocenters. The quantitative estimate of drug-likeness (QED) is 0.226. The number of carbonyl (C=O) groups excluding carboxylic acids is 1. The molecule has 0 heterocycles. The number of hydrogen-bond acceptors (Lipinski definition) is 5. The average Bonchev–Trinajstić information content (AvgIpc) is 2.56. The summed E-state index contributed by atoms with van der Waals surface area (Å²) >= 11 is 6.09. The molecule has 0 aliphatic carbocycles. The van der Waals surface area contributed by atoms with E-state index >= 15 is 0 Å². The van der Waals surface area contributed by atoms with Gasteiger partial charge in [0.1, 0.15) is 0 Å². The van der Waals surface area contributed by atoms with Crippen LogP contribution in [0.1, 0.15) is 11.1 Å². The Morgan fingerprint density at radius 2 is 1.96 bits per heavy atom. The standard InChI is InChI=1S/C17H14ClNO4/c1-22-15-10-13(11-19-21)9-14(18)17(15)23-16(20)8-7-12-5-3-2-4-6-12/h2-11,21H,1H3/b8-7+,19-11+. The molecule has 2 aromatic carbocycles. The summed E-state index contributed by atoms with van der Waals surface area (Å²) in [5, 5.41) is 11.6. The molecular formula is C17H14ClNO4. The highest BCUT2D eigenvalue weighted by atomic mass is 35.5. The number of ether oxygens (including phenoxy) is 2. The fourth-order valence-corrected chi connectivity index (χ4v) is 2.10. The van der Waals surface area contributed by atoms with Crippen LogP contribution in [0.4, 0.5) is 0 Å². The maximum Gasteiger partial charge on any atom is 0.336 e. The van der Waals surface area contributed by atoms with E-state index < -0.39 is 5.97 Å². The Balaban J connectivity index is 2.19. The number of nitrogens with zero attached hydrogens (tertiary/aromatic N) is 1. The Morgan fingerprint density at radius 1 is 1.22 bits per heavy atom. The monoisotopic (exact) mass is 331 g/mol. The third kappa shape index (κ3) is 4.59. The van der Waals surface area contributed by atoms with Crippen LogP contribution in [0.5, 0.6) is 11.5 Å². The van der Waals surface area contributed by atoms with Gasteiger partial charge in [0.05, 0.1) is 18.3 Å². The van der Waals surface area contributed by atoms with Gasteiger partial charge in [-0.25, -0.2) is 4.79 Å². The van der Waals surface area contributed by atoms with Crippen LogP contribution in [-0.4, -0.2) is 24.5 Å². The first-order valence-corrected chi connectivity index (χ1v) is 7.01. The van der Waals surface area contributed by atoms with Gasteiger partial charge in [0, 0.05) is 11.6 Å². The molecule has 2 aromatic rings. The summed E-state index contributed by atoms with van der Waals surface area (Å²) in [6.45, 7) is 0. The highest BCUT2D eigenvalue weighted by Crippen LogP contribution is 2.36. The van der Waals surface area contributed by atoms with Crippen molar-refractivity contribution in [2.45, 2.75) is 0 Å². The molecular weight excluding hydrogens is 318 g/mol. The van der Waals surface area contributed by atoms with Crippen LogP contribution >= 0.6 is 11.6 Å². The lowest BCUT2D eigenvalue weighted by atomic mass is 10.2. The van der Waals surface area contributed by atoms with Crippen molar-refractivity contribution in [3.8, 4) is 11.5 Å². The third-order valence-corrected chi connectivity index (χ3v) is 3.15. The molecule has 5 nitrogen and oxygen atoms in total. The number of methoxy groups -OCH3 is 1. The van der Waals surface area contributed by atoms with Gasteiger partial charge in [-0.3, -0.25) is 0 Å². The Bertz CT molecular complexity index is 742. The van der Waals surface area contributed by atoms with Gasteiger partial charge in [-0.2, -0.15) is 0 Å². The fraction of sp³-hybridized carbons (Fsp3) is 0.0588. The van der Waals surface area contributed by atoms with E-state index in [2.05, 4.69) is 5.16 Å². The van der Waals surface area contributed by atoms with E-state index in [1.165, 1.54) is 31.5 Å². The normalized spacial score (nSPS) is 11.0. The van der Waals surface area contributed by atoms with Crippen molar-refractivity contribution in [3.63, 3.8) is 0 Å². The first kappa shape index (κ1) is 16.6. The lowest BCUT2D eigenvalue weighted by Gasteiger charge is -2.10. The topological polar surface area (TPSA) is 68.1 Å². The van der Waals surface area contributed by atoms with Gasteiger partial charge in [0.2, 0.25) is 0 Å². The molecule has 0 saturated carbocycles. The van der Waals surface area contributed by atoms with Crippen molar-refractivity contribution < 1.29 is 19.5 Å². The zero-order valence-electron chi connectivity index (χ0n) is 12.3. The molecule has 0 fully saturated rings. The maximum atomic E-state index is 11.9. The molecule has 0 bridgehead atoms. The van der Waals surface area contributed by atoms with Crippen LogP contribution in [-0.2, 0) is 4.79 Å². The molecule has 0 saturated heterocycles. The highest BCUT2D eigenvalue weighted by molar-refractivity contribution is 6.32. The second-order valence-corrected chi connectivity index (χ2v) is 4.85. The molecule has 0 radical (unpaired) electrons. The predicted octanol–water partition coefficient (Wildman–Crippen LogP) is 3.78. The van der Waals surface area contributed by atoms with Crippen molar-refractivity contribution >= 4 is 29.9 Å². The zero-order valence-corrected chi connectivity index (χ0v) is 13.0. The van der Waals surface area contributed by atoms with Crippen LogP contribution in [0.3, 0.4) is 0 Å². The minimum absolute atomic E-state index is 0.104. The lowest BCUT2D eigenvalue weighted by molar-refractivity contribution is -0.129. The van der Waals surface area contributed by atoms with E-state index in [0.29, 0.717) is 5.56 Å². The Hall–Kier alpha value is -2.79. The average molecular weight is 332 g/mol. The second kappa shape index (κ2) is 8.00. The number of carbonyl (C=O) groups is 1. The maximum absolute atomic E-state index is 11.9. The Labute approximate surface area is 138 Å². The van der Waals surface area contributed by atoms with Crippen molar-refractivity contribution in [1.29, 1.82) is 0 Å². The third-order valence-electron chi connectivity index (χ3n) is 2.87. The molecule has 0 amide bonds. The van der Waals surface area contributed by atoms with E-state index in [9.17, 15) is 4.79 Å².